The van der Waals surface area contributed by atoms with Crippen molar-refractivity contribution in [2.45, 2.75) is 6.61 Å². The van der Waals surface area contributed by atoms with Gasteiger partial charge in [-0.15, -0.1) is 0 Å². The van der Waals surface area contributed by atoms with E-state index in [1.807, 2.05) is 42.5 Å². The number of carboxylic acid groups (broad SMARTS) is 1. The zero-order valence-electron chi connectivity index (χ0n) is 15.0. The quantitative estimate of drug-likeness (QED) is 0.549. The molecule has 5 nitrogen and oxygen atoms in total. The smallest absolute Gasteiger partial charge is 0.356 e. The highest BCUT2D eigenvalue weighted by Crippen LogP contribution is 2.31. The molecule has 3 aromatic carbocycles. The fourth-order valence-corrected chi connectivity index (χ4v) is 3.58. The summed E-state index contributed by atoms with van der Waals surface area (Å²) >= 11 is 6.10. The van der Waals surface area contributed by atoms with E-state index in [4.69, 9.17) is 16.3 Å². The molecule has 0 amide bonds. The Morgan fingerprint density at radius 1 is 1.04 bits per heavy atom. The summed E-state index contributed by atoms with van der Waals surface area (Å²) in [5.74, 6) is -1.12. The van der Waals surface area contributed by atoms with Crippen LogP contribution < -0.4 is 10.3 Å². The number of rotatable bonds is 4. The Morgan fingerprint density at radius 3 is 2.57 bits per heavy atom. The van der Waals surface area contributed by atoms with Gasteiger partial charge in [-0.05, 0) is 34.5 Å². The van der Waals surface area contributed by atoms with Crippen molar-refractivity contribution in [3.8, 4) is 5.75 Å². The first-order chi connectivity index (χ1) is 13.5. The van der Waals surface area contributed by atoms with Gasteiger partial charge in [0.25, 0.3) is 5.56 Å². The lowest BCUT2D eigenvalue weighted by Gasteiger charge is -2.16. The number of halogens is 1. The van der Waals surface area contributed by atoms with Crippen molar-refractivity contribution in [2.24, 2.45) is 7.05 Å². The number of aromatic carboxylic acids is 1. The Balaban J connectivity index is 1.89. The maximum absolute atomic E-state index is 12.6. The number of benzene rings is 3. The summed E-state index contributed by atoms with van der Waals surface area (Å²) in [6, 6.07) is 18.5. The third-order valence-electron chi connectivity index (χ3n) is 4.77. The van der Waals surface area contributed by atoms with Crippen LogP contribution in [0.2, 0.25) is 5.02 Å². The van der Waals surface area contributed by atoms with Crippen LogP contribution in [0.3, 0.4) is 0 Å². The van der Waals surface area contributed by atoms with E-state index >= 15 is 0 Å². The lowest BCUT2D eigenvalue weighted by Crippen LogP contribution is -2.24. The van der Waals surface area contributed by atoms with E-state index in [2.05, 4.69) is 0 Å². The number of pyridine rings is 1. The van der Waals surface area contributed by atoms with Crippen LogP contribution in [0, 0.1) is 0 Å². The number of ether oxygens (including phenoxy) is 1. The Labute approximate surface area is 165 Å². The molecule has 6 heteroatoms. The number of aromatic nitrogens is 1. The molecule has 140 valence electrons. The molecule has 0 unspecified atom stereocenters. The minimum absolute atomic E-state index is 0.125. The van der Waals surface area contributed by atoms with Crippen molar-refractivity contribution in [3.05, 3.63) is 87.3 Å². The predicted octanol–water partition coefficient (Wildman–Crippen LogP) is 4.62. The summed E-state index contributed by atoms with van der Waals surface area (Å²) in [5, 5.41) is 12.9. The van der Waals surface area contributed by atoms with Crippen LogP contribution in [-0.2, 0) is 13.7 Å². The van der Waals surface area contributed by atoms with Crippen LogP contribution in [0.5, 0.6) is 5.75 Å². The molecule has 0 aliphatic heterocycles. The minimum atomic E-state index is -1.24. The van der Waals surface area contributed by atoms with Crippen LogP contribution in [0.25, 0.3) is 21.5 Å². The molecular weight excluding hydrogens is 378 g/mol. The molecule has 0 atom stereocenters. The number of fused-ring (bicyclic) bond motifs is 2. The van der Waals surface area contributed by atoms with Gasteiger partial charge in [0, 0.05) is 17.5 Å². The Kier molecular flexibility index (Phi) is 4.53. The Morgan fingerprint density at radius 2 is 1.79 bits per heavy atom. The lowest BCUT2D eigenvalue weighted by molar-refractivity contribution is 0.0679. The monoisotopic (exact) mass is 393 g/mol. The summed E-state index contributed by atoms with van der Waals surface area (Å²) < 4.78 is 7.09. The number of hydrogen-bond donors (Lipinski definition) is 1. The average Bonchev–Trinajstić information content (AvgIpc) is 2.69. The van der Waals surface area contributed by atoms with Crippen molar-refractivity contribution >= 4 is 39.1 Å². The second-order valence-electron chi connectivity index (χ2n) is 6.46. The Bertz CT molecular complexity index is 1290. The van der Waals surface area contributed by atoms with Crippen molar-refractivity contribution in [2.75, 3.05) is 0 Å². The van der Waals surface area contributed by atoms with Gasteiger partial charge in [0.05, 0.1) is 5.39 Å². The third-order valence-corrected chi connectivity index (χ3v) is 5.00. The molecule has 1 heterocycles. The van der Waals surface area contributed by atoms with Crippen LogP contribution in [0.15, 0.2) is 65.5 Å². The van der Waals surface area contributed by atoms with E-state index in [1.165, 1.54) is 7.05 Å². The maximum Gasteiger partial charge on any atom is 0.356 e. The van der Waals surface area contributed by atoms with E-state index in [-0.39, 0.29) is 18.1 Å². The molecule has 4 aromatic rings. The zero-order valence-corrected chi connectivity index (χ0v) is 15.7. The van der Waals surface area contributed by atoms with Crippen LogP contribution in [-0.4, -0.2) is 15.6 Å². The molecule has 0 radical (unpaired) electrons. The fourth-order valence-electron chi connectivity index (χ4n) is 3.41. The van der Waals surface area contributed by atoms with Crippen molar-refractivity contribution in [3.63, 3.8) is 0 Å². The second-order valence-corrected chi connectivity index (χ2v) is 6.90. The second kappa shape index (κ2) is 7.02. The normalized spacial score (nSPS) is 11.1. The molecule has 28 heavy (non-hydrogen) atoms. The molecule has 0 bridgehead atoms. The SMILES string of the molecule is Cn1c(C(=O)O)c(OCc2cccc3ccccc23)c2cc(Cl)ccc2c1=O. The fraction of sp³-hybridized carbons (Fsp3) is 0.0909. The predicted molar refractivity (Wildman–Crippen MR) is 109 cm³/mol. The summed E-state index contributed by atoms with van der Waals surface area (Å²) in [6.07, 6.45) is 0. The molecule has 1 aromatic heterocycles. The molecule has 0 aliphatic rings. The maximum atomic E-state index is 12.6. The van der Waals surface area contributed by atoms with E-state index in [0.717, 1.165) is 20.9 Å². The first-order valence-electron chi connectivity index (χ1n) is 8.62. The average molecular weight is 394 g/mol. The summed E-state index contributed by atoms with van der Waals surface area (Å²) in [5.41, 5.74) is 0.292. The number of hydrogen-bond acceptors (Lipinski definition) is 3. The van der Waals surface area contributed by atoms with Gasteiger partial charge in [-0.1, -0.05) is 54.1 Å². The topological polar surface area (TPSA) is 68.5 Å². The first-order valence-corrected chi connectivity index (χ1v) is 9.00. The molecular formula is C22H16ClNO4. The minimum Gasteiger partial charge on any atom is -0.486 e. The van der Waals surface area contributed by atoms with E-state index in [0.29, 0.717) is 15.8 Å². The molecule has 0 spiro atoms. The highest BCUT2D eigenvalue weighted by molar-refractivity contribution is 6.31. The van der Waals surface area contributed by atoms with Gasteiger partial charge in [-0.2, -0.15) is 0 Å². The van der Waals surface area contributed by atoms with E-state index in [1.54, 1.807) is 18.2 Å². The van der Waals surface area contributed by atoms with Gasteiger partial charge in [0.1, 0.15) is 6.61 Å². The van der Waals surface area contributed by atoms with Gasteiger partial charge in [0.15, 0.2) is 11.4 Å². The lowest BCUT2D eigenvalue weighted by atomic mass is 10.1. The highest BCUT2D eigenvalue weighted by atomic mass is 35.5. The summed E-state index contributed by atoms with van der Waals surface area (Å²) in [7, 11) is 1.42. The van der Waals surface area contributed by atoms with Crippen LogP contribution in [0.4, 0.5) is 0 Å². The van der Waals surface area contributed by atoms with Crippen molar-refractivity contribution in [1.29, 1.82) is 0 Å². The molecule has 0 saturated heterocycles. The number of carbonyl (C=O) groups is 1. The zero-order chi connectivity index (χ0) is 19.8. The van der Waals surface area contributed by atoms with Gasteiger partial charge in [-0.25, -0.2) is 4.79 Å². The van der Waals surface area contributed by atoms with E-state index in [9.17, 15) is 14.7 Å². The van der Waals surface area contributed by atoms with Crippen LogP contribution >= 0.6 is 11.6 Å². The summed E-state index contributed by atoms with van der Waals surface area (Å²) in [6.45, 7) is 0.154. The number of carboxylic acids is 1. The van der Waals surface area contributed by atoms with Crippen molar-refractivity contribution in [1.82, 2.24) is 4.57 Å². The van der Waals surface area contributed by atoms with Gasteiger partial charge < -0.3 is 14.4 Å². The van der Waals surface area contributed by atoms with Gasteiger partial charge in [0.2, 0.25) is 0 Å². The standard InChI is InChI=1S/C22H16ClNO4/c1-24-19(22(26)27)20(18-11-15(23)9-10-17(18)21(24)25)28-12-14-7-4-6-13-5-2-3-8-16(13)14/h2-11H,12H2,1H3,(H,26,27). The third kappa shape index (κ3) is 3.00. The van der Waals surface area contributed by atoms with E-state index < -0.39 is 11.5 Å². The highest BCUT2D eigenvalue weighted by Gasteiger charge is 2.22. The van der Waals surface area contributed by atoms with Crippen molar-refractivity contribution < 1.29 is 14.6 Å². The molecule has 4 rings (SSSR count). The first kappa shape index (κ1) is 18.1. The molecule has 0 fully saturated rings. The van der Waals surface area contributed by atoms with Gasteiger partial charge >= 0.3 is 5.97 Å². The Hall–Kier alpha value is -3.31. The largest absolute Gasteiger partial charge is 0.486 e. The van der Waals surface area contributed by atoms with Crippen LogP contribution in [0.1, 0.15) is 16.1 Å². The van der Waals surface area contributed by atoms with Gasteiger partial charge in [-0.3, -0.25) is 4.79 Å². The number of nitrogens with zero attached hydrogens (tertiary/aromatic N) is 1. The molecule has 0 saturated carbocycles. The molecule has 0 aliphatic carbocycles. The molecule has 1 N–H and O–H groups in total. The summed E-state index contributed by atoms with van der Waals surface area (Å²) in [4.78, 5) is 24.4.